The Hall–Kier alpha value is -1.40. The second kappa shape index (κ2) is 6.58. The average Bonchev–Trinajstić information content (AvgIpc) is 2.48. The molecular formula is C13H16Cl2N4O2. The number of rotatable bonds is 2. The van der Waals surface area contributed by atoms with Gasteiger partial charge in [0.25, 0.3) is 5.91 Å². The normalized spacial score (nSPS) is 15.5. The summed E-state index contributed by atoms with van der Waals surface area (Å²) in [6, 6.07) is 1.41. The summed E-state index contributed by atoms with van der Waals surface area (Å²) in [6.45, 7) is 5.70. The Bertz CT molecular complexity index is 557. The van der Waals surface area contributed by atoms with Gasteiger partial charge in [0.05, 0.1) is 5.56 Å². The zero-order valence-corrected chi connectivity index (χ0v) is 13.4. The van der Waals surface area contributed by atoms with E-state index < -0.39 is 0 Å². The molecule has 0 radical (unpaired) electrons. The Labute approximate surface area is 133 Å². The minimum atomic E-state index is -0.242. The number of halogens is 2. The first-order valence-electron chi connectivity index (χ1n) is 6.67. The first kappa shape index (κ1) is 16.0. The largest absolute Gasteiger partial charge is 0.339 e. The summed E-state index contributed by atoms with van der Waals surface area (Å²) in [5.74, 6) is -0.174. The minimum absolute atomic E-state index is 0.0325. The summed E-state index contributed by atoms with van der Waals surface area (Å²) < 4.78 is 0. The smallest absolute Gasteiger partial charge is 0.257 e. The van der Waals surface area contributed by atoms with Gasteiger partial charge in [0.1, 0.15) is 0 Å². The van der Waals surface area contributed by atoms with E-state index in [1.54, 1.807) is 9.80 Å². The fraction of sp³-hybridized carbons (Fsp3) is 0.538. The van der Waals surface area contributed by atoms with Crippen molar-refractivity contribution in [2.45, 2.75) is 13.8 Å². The molecule has 2 heterocycles. The minimum Gasteiger partial charge on any atom is -0.339 e. The van der Waals surface area contributed by atoms with Gasteiger partial charge in [-0.2, -0.15) is 0 Å². The molecule has 1 aliphatic rings. The lowest BCUT2D eigenvalue weighted by molar-refractivity contribution is -0.135. The highest BCUT2D eigenvalue weighted by molar-refractivity contribution is 6.34. The van der Waals surface area contributed by atoms with Gasteiger partial charge in [0.2, 0.25) is 5.91 Å². The Morgan fingerprint density at radius 2 is 1.67 bits per heavy atom. The summed E-state index contributed by atoms with van der Waals surface area (Å²) in [4.78, 5) is 27.7. The quantitative estimate of drug-likeness (QED) is 0.828. The van der Waals surface area contributed by atoms with Gasteiger partial charge in [-0.3, -0.25) is 9.59 Å². The molecule has 6 nitrogen and oxygen atoms in total. The summed E-state index contributed by atoms with van der Waals surface area (Å²) in [6.07, 6.45) is 0. The lowest BCUT2D eigenvalue weighted by atomic mass is 10.1. The van der Waals surface area contributed by atoms with Crippen LogP contribution in [0.3, 0.4) is 0 Å². The third-order valence-electron chi connectivity index (χ3n) is 3.32. The number of hydrogen-bond donors (Lipinski definition) is 0. The Kier molecular flexibility index (Phi) is 5.00. The van der Waals surface area contributed by atoms with Gasteiger partial charge in [-0.25, -0.2) is 0 Å². The molecule has 114 valence electrons. The van der Waals surface area contributed by atoms with E-state index in [9.17, 15) is 9.59 Å². The van der Waals surface area contributed by atoms with Crippen molar-refractivity contribution in [2.24, 2.45) is 5.92 Å². The van der Waals surface area contributed by atoms with Crippen molar-refractivity contribution in [1.29, 1.82) is 0 Å². The molecule has 2 amide bonds. The van der Waals surface area contributed by atoms with E-state index in [0.29, 0.717) is 26.2 Å². The molecule has 21 heavy (non-hydrogen) atoms. The number of amides is 2. The van der Waals surface area contributed by atoms with E-state index in [1.807, 2.05) is 13.8 Å². The highest BCUT2D eigenvalue weighted by atomic mass is 35.5. The fourth-order valence-corrected chi connectivity index (χ4v) is 2.49. The SMILES string of the molecule is CC(C)C(=O)N1CCN(C(=O)c2cc(Cl)nnc2Cl)CC1. The third kappa shape index (κ3) is 3.63. The van der Waals surface area contributed by atoms with Gasteiger partial charge in [0, 0.05) is 32.1 Å². The van der Waals surface area contributed by atoms with Gasteiger partial charge < -0.3 is 9.80 Å². The van der Waals surface area contributed by atoms with Crippen LogP contribution in [-0.4, -0.2) is 58.0 Å². The van der Waals surface area contributed by atoms with Crippen molar-refractivity contribution in [1.82, 2.24) is 20.0 Å². The number of carbonyl (C=O) groups excluding carboxylic acids is 2. The Morgan fingerprint density at radius 3 is 2.24 bits per heavy atom. The van der Waals surface area contributed by atoms with Crippen LogP contribution in [0, 0.1) is 5.92 Å². The topological polar surface area (TPSA) is 66.4 Å². The Morgan fingerprint density at radius 1 is 1.10 bits per heavy atom. The molecule has 1 fully saturated rings. The molecule has 1 aliphatic heterocycles. The predicted molar refractivity (Wildman–Crippen MR) is 79.4 cm³/mol. The van der Waals surface area contributed by atoms with E-state index >= 15 is 0 Å². The second-order valence-electron chi connectivity index (χ2n) is 5.14. The lowest BCUT2D eigenvalue weighted by Crippen LogP contribution is -2.51. The van der Waals surface area contributed by atoms with Crippen LogP contribution in [-0.2, 0) is 4.79 Å². The van der Waals surface area contributed by atoms with E-state index in [-0.39, 0.29) is 33.6 Å². The molecule has 0 aliphatic carbocycles. The predicted octanol–water partition coefficient (Wildman–Crippen LogP) is 1.72. The van der Waals surface area contributed by atoms with E-state index in [2.05, 4.69) is 10.2 Å². The number of hydrogen-bond acceptors (Lipinski definition) is 4. The Balaban J connectivity index is 2.03. The lowest BCUT2D eigenvalue weighted by Gasteiger charge is -2.35. The zero-order valence-electron chi connectivity index (χ0n) is 11.8. The van der Waals surface area contributed by atoms with Gasteiger partial charge in [-0.05, 0) is 6.07 Å². The molecule has 0 aromatic carbocycles. The molecular weight excluding hydrogens is 315 g/mol. The molecule has 0 spiro atoms. The number of nitrogens with zero attached hydrogens (tertiary/aromatic N) is 4. The van der Waals surface area contributed by atoms with Gasteiger partial charge >= 0.3 is 0 Å². The van der Waals surface area contributed by atoms with Crippen molar-refractivity contribution in [3.05, 3.63) is 21.9 Å². The maximum atomic E-state index is 12.4. The molecule has 1 aromatic heterocycles. The summed E-state index contributed by atoms with van der Waals surface area (Å²) in [7, 11) is 0. The van der Waals surface area contributed by atoms with Crippen LogP contribution in [0.5, 0.6) is 0 Å². The van der Waals surface area contributed by atoms with E-state index in [4.69, 9.17) is 23.2 Å². The van der Waals surface area contributed by atoms with Crippen LogP contribution < -0.4 is 0 Å². The number of aromatic nitrogens is 2. The van der Waals surface area contributed by atoms with Gasteiger partial charge in [0.15, 0.2) is 10.3 Å². The first-order valence-corrected chi connectivity index (χ1v) is 7.42. The fourth-order valence-electron chi connectivity index (χ4n) is 2.17. The van der Waals surface area contributed by atoms with Crippen LogP contribution >= 0.6 is 23.2 Å². The molecule has 0 N–H and O–H groups in total. The monoisotopic (exact) mass is 330 g/mol. The zero-order chi connectivity index (χ0) is 15.6. The molecule has 1 aromatic rings. The maximum absolute atomic E-state index is 12.4. The molecule has 0 atom stereocenters. The highest BCUT2D eigenvalue weighted by Crippen LogP contribution is 2.18. The van der Waals surface area contributed by atoms with Crippen LogP contribution in [0.1, 0.15) is 24.2 Å². The van der Waals surface area contributed by atoms with Crippen LogP contribution in [0.25, 0.3) is 0 Å². The molecule has 0 bridgehead atoms. The van der Waals surface area contributed by atoms with E-state index in [1.165, 1.54) is 6.07 Å². The van der Waals surface area contributed by atoms with Crippen molar-refractivity contribution in [3.63, 3.8) is 0 Å². The summed E-state index contributed by atoms with van der Waals surface area (Å²) in [5, 5.41) is 7.37. The van der Waals surface area contributed by atoms with Crippen LogP contribution in [0.15, 0.2) is 6.07 Å². The van der Waals surface area contributed by atoms with Crippen LogP contribution in [0.2, 0.25) is 10.3 Å². The van der Waals surface area contributed by atoms with Gasteiger partial charge in [-0.1, -0.05) is 37.0 Å². The van der Waals surface area contributed by atoms with Crippen molar-refractivity contribution in [2.75, 3.05) is 26.2 Å². The van der Waals surface area contributed by atoms with Crippen molar-refractivity contribution in [3.8, 4) is 0 Å². The summed E-state index contributed by atoms with van der Waals surface area (Å²) >= 11 is 11.6. The molecule has 0 saturated carbocycles. The highest BCUT2D eigenvalue weighted by Gasteiger charge is 2.27. The standard InChI is InChI=1S/C13H16Cl2N4O2/c1-8(2)12(20)18-3-5-19(6-4-18)13(21)9-7-10(14)16-17-11(9)15/h7-8H,3-6H2,1-2H3. The maximum Gasteiger partial charge on any atom is 0.257 e. The first-order chi connectivity index (χ1) is 9.90. The van der Waals surface area contributed by atoms with E-state index in [0.717, 1.165) is 0 Å². The number of carbonyl (C=O) groups is 2. The number of piperazine rings is 1. The molecule has 1 saturated heterocycles. The third-order valence-corrected chi connectivity index (χ3v) is 3.79. The van der Waals surface area contributed by atoms with Crippen LogP contribution in [0.4, 0.5) is 0 Å². The molecule has 0 unspecified atom stereocenters. The van der Waals surface area contributed by atoms with Crippen molar-refractivity contribution >= 4 is 35.0 Å². The second-order valence-corrected chi connectivity index (χ2v) is 5.89. The average molecular weight is 331 g/mol. The summed E-state index contributed by atoms with van der Waals surface area (Å²) in [5.41, 5.74) is 0.236. The molecule has 8 heteroatoms. The van der Waals surface area contributed by atoms with Gasteiger partial charge in [-0.15, -0.1) is 10.2 Å². The van der Waals surface area contributed by atoms with Crippen molar-refractivity contribution < 1.29 is 9.59 Å². The molecule has 2 rings (SSSR count).